The van der Waals surface area contributed by atoms with Crippen LogP contribution in [-0.2, 0) is 9.53 Å². The van der Waals surface area contributed by atoms with Crippen LogP contribution < -0.4 is 5.32 Å². The molecule has 1 heterocycles. The number of allylic oxidation sites excluding steroid dienone is 1. The van der Waals surface area contributed by atoms with E-state index in [4.69, 9.17) is 4.74 Å². The lowest BCUT2D eigenvalue weighted by Crippen LogP contribution is -2.40. The summed E-state index contributed by atoms with van der Waals surface area (Å²) in [5, 5.41) is 10.2. The predicted molar refractivity (Wildman–Crippen MR) is 97.8 cm³/mol. The van der Waals surface area contributed by atoms with Crippen LogP contribution in [0.1, 0.15) is 38.1 Å². The van der Waals surface area contributed by atoms with Gasteiger partial charge in [-0.1, -0.05) is 39.0 Å². The molecule has 0 saturated heterocycles. The lowest BCUT2D eigenvalue weighted by atomic mass is 9.95. The molecule has 1 aromatic heterocycles. The van der Waals surface area contributed by atoms with E-state index in [0.717, 1.165) is 5.69 Å². The Morgan fingerprint density at radius 3 is 2.58 bits per heavy atom. The SMILES string of the molecule is CCOC(=O)C(C=CC(C)(C)C)NC(=O)c1cccc(-n2cnnc2)c1. The number of rotatable bonds is 6. The summed E-state index contributed by atoms with van der Waals surface area (Å²) in [6, 6.07) is 6.13. The number of esters is 1. The fourth-order valence-electron chi connectivity index (χ4n) is 2.17. The summed E-state index contributed by atoms with van der Waals surface area (Å²) in [5.74, 6) is -0.854. The summed E-state index contributed by atoms with van der Waals surface area (Å²) in [7, 11) is 0. The van der Waals surface area contributed by atoms with E-state index in [1.165, 1.54) is 0 Å². The van der Waals surface area contributed by atoms with E-state index >= 15 is 0 Å². The van der Waals surface area contributed by atoms with Gasteiger partial charge < -0.3 is 10.1 Å². The Hall–Kier alpha value is -2.96. The van der Waals surface area contributed by atoms with E-state index in [0.29, 0.717) is 5.56 Å². The second-order valence-electron chi connectivity index (χ2n) is 6.85. The molecule has 7 nitrogen and oxygen atoms in total. The smallest absolute Gasteiger partial charge is 0.332 e. The van der Waals surface area contributed by atoms with Gasteiger partial charge in [0.25, 0.3) is 5.91 Å². The highest BCUT2D eigenvalue weighted by atomic mass is 16.5. The molecule has 0 spiro atoms. The molecule has 1 amide bonds. The Bertz CT molecular complexity index is 776. The normalized spacial score (nSPS) is 12.8. The number of carbonyl (C=O) groups is 2. The Morgan fingerprint density at radius 1 is 1.27 bits per heavy atom. The van der Waals surface area contributed by atoms with Gasteiger partial charge in [0.2, 0.25) is 0 Å². The van der Waals surface area contributed by atoms with Gasteiger partial charge in [0.15, 0.2) is 0 Å². The zero-order valence-electron chi connectivity index (χ0n) is 15.5. The maximum Gasteiger partial charge on any atom is 0.332 e. The fourth-order valence-corrected chi connectivity index (χ4v) is 2.17. The molecule has 1 N–H and O–H groups in total. The number of aromatic nitrogens is 3. The summed E-state index contributed by atoms with van der Waals surface area (Å²) >= 11 is 0. The van der Waals surface area contributed by atoms with Crippen molar-refractivity contribution in [1.29, 1.82) is 0 Å². The number of benzene rings is 1. The zero-order chi connectivity index (χ0) is 19.2. The van der Waals surface area contributed by atoms with Crippen molar-refractivity contribution >= 4 is 11.9 Å². The van der Waals surface area contributed by atoms with Crippen molar-refractivity contribution in [2.75, 3.05) is 6.61 Å². The number of nitrogens with zero attached hydrogens (tertiary/aromatic N) is 3. The first-order chi connectivity index (χ1) is 12.3. The average molecular weight is 356 g/mol. The minimum Gasteiger partial charge on any atom is -0.464 e. The standard InChI is InChI=1S/C19H24N4O3/c1-5-26-18(25)16(9-10-19(2,3)4)22-17(24)14-7-6-8-15(11-14)23-12-20-21-13-23/h6-13,16H,5H2,1-4H3,(H,22,24). The molecule has 1 atom stereocenters. The number of nitrogens with one attached hydrogen (secondary N) is 1. The number of ether oxygens (including phenoxy) is 1. The predicted octanol–water partition coefficient (Wildman–Crippen LogP) is 2.53. The summed E-state index contributed by atoms with van der Waals surface area (Å²) in [6.07, 6.45) is 6.64. The number of amides is 1. The van der Waals surface area contributed by atoms with Gasteiger partial charge in [0.05, 0.1) is 6.61 Å². The van der Waals surface area contributed by atoms with Crippen molar-refractivity contribution in [3.8, 4) is 5.69 Å². The third-order valence-electron chi connectivity index (χ3n) is 3.44. The molecule has 0 aliphatic heterocycles. The van der Waals surface area contributed by atoms with Gasteiger partial charge in [0.1, 0.15) is 18.7 Å². The van der Waals surface area contributed by atoms with Crippen molar-refractivity contribution in [1.82, 2.24) is 20.1 Å². The molecule has 0 aliphatic carbocycles. The Kier molecular flexibility index (Phi) is 6.27. The van der Waals surface area contributed by atoms with Crippen LogP contribution in [-0.4, -0.2) is 39.3 Å². The quantitative estimate of drug-likeness (QED) is 0.635. The third kappa shape index (κ3) is 5.54. The van der Waals surface area contributed by atoms with Gasteiger partial charge in [-0.2, -0.15) is 0 Å². The fraction of sp³-hybridized carbons (Fsp3) is 0.368. The van der Waals surface area contributed by atoms with Gasteiger partial charge in [0, 0.05) is 11.3 Å². The van der Waals surface area contributed by atoms with Crippen LogP contribution in [0, 0.1) is 5.41 Å². The van der Waals surface area contributed by atoms with Gasteiger partial charge in [-0.15, -0.1) is 10.2 Å². The van der Waals surface area contributed by atoms with Gasteiger partial charge in [-0.05, 0) is 30.5 Å². The van der Waals surface area contributed by atoms with Crippen LogP contribution in [0.4, 0.5) is 0 Å². The van der Waals surface area contributed by atoms with E-state index in [1.807, 2.05) is 32.9 Å². The minimum absolute atomic E-state index is 0.121. The number of hydrogen-bond donors (Lipinski definition) is 1. The molecule has 0 radical (unpaired) electrons. The molecule has 0 fully saturated rings. The average Bonchev–Trinajstić information content (AvgIpc) is 3.12. The van der Waals surface area contributed by atoms with Crippen LogP contribution in [0.25, 0.3) is 5.69 Å². The molecule has 1 aromatic carbocycles. The highest BCUT2D eigenvalue weighted by molar-refractivity contribution is 5.97. The van der Waals surface area contributed by atoms with E-state index in [2.05, 4.69) is 15.5 Å². The van der Waals surface area contributed by atoms with Crippen molar-refractivity contribution < 1.29 is 14.3 Å². The molecule has 1 unspecified atom stereocenters. The topological polar surface area (TPSA) is 86.1 Å². The highest BCUT2D eigenvalue weighted by Gasteiger charge is 2.21. The maximum atomic E-state index is 12.6. The number of hydrogen-bond acceptors (Lipinski definition) is 5. The molecule has 2 aromatic rings. The van der Waals surface area contributed by atoms with Gasteiger partial charge in [-0.25, -0.2) is 4.79 Å². The van der Waals surface area contributed by atoms with Crippen molar-refractivity contribution in [2.45, 2.75) is 33.7 Å². The summed E-state index contributed by atoms with van der Waals surface area (Å²) in [4.78, 5) is 24.8. The van der Waals surface area contributed by atoms with Gasteiger partial charge >= 0.3 is 5.97 Å². The highest BCUT2D eigenvalue weighted by Crippen LogP contribution is 2.15. The summed E-state index contributed by atoms with van der Waals surface area (Å²) < 4.78 is 6.76. The van der Waals surface area contributed by atoms with Crippen molar-refractivity contribution in [2.24, 2.45) is 5.41 Å². The Labute approximate surface area is 153 Å². The van der Waals surface area contributed by atoms with Crippen LogP contribution >= 0.6 is 0 Å². The largest absolute Gasteiger partial charge is 0.464 e. The maximum absolute atomic E-state index is 12.6. The van der Waals surface area contributed by atoms with Gasteiger partial charge in [-0.3, -0.25) is 9.36 Å². The van der Waals surface area contributed by atoms with E-state index in [9.17, 15) is 9.59 Å². The zero-order valence-corrected chi connectivity index (χ0v) is 15.5. The third-order valence-corrected chi connectivity index (χ3v) is 3.44. The molecule has 26 heavy (non-hydrogen) atoms. The second-order valence-corrected chi connectivity index (χ2v) is 6.85. The van der Waals surface area contributed by atoms with Crippen LogP contribution in [0.5, 0.6) is 0 Å². The molecule has 0 bridgehead atoms. The lowest BCUT2D eigenvalue weighted by molar-refractivity contribution is -0.144. The Balaban J connectivity index is 2.19. The lowest BCUT2D eigenvalue weighted by Gasteiger charge is -2.17. The molecule has 0 saturated carbocycles. The van der Waals surface area contributed by atoms with E-state index in [1.54, 1.807) is 48.4 Å². The molecule has 138 valence electrons. The van der Waals surface area contributed by atoms with Crippen molar-refractivity contribution in [3.05, 3.63) is 54.6 Å². The molecular weight excluding hydrogens is 332 g/mol. The molecule has 7 heteroatoms. The van der Waals surface area contributed by atoms with E-state index < -0.39 is 12.0 Å². The summed E-state index contributed by atoms with van der Waals surface area (Å²) in [6.45, 7) is 8.01. The van der Waals surface area contributed by atoms with Crippen LogP contribution in [0.2, 0.25) is 0 Å². The van der Waals surface area contributed by atoms with E-state index in [-0.39, 0.29) is 17.9 Å². The number of carbonyl (C=O) groups excluding carboxylic acids is 2. The molecular formula is C19H24N4O3. The first kappa shape index (κ1) is 19.4. The first-order valence-electron chi connectivity index (χ1n) is 8.42. The minimum atomic E-state index is -0.847. The Morgan fingerprint density at radius 2 is 1.96 bits per heavy atom. The molecule has 2 rings (SSSR count). The second kappa shape index (κ2) is 8.42. The van der Waals surface area contributed by atoms with Crippen molar-refractivity contribution in [3.63, 3.8) is 0 Å². The molecule has 0 aliphatic rings. The summed E-state index contributed by atoms with van der Waals surface area (Å²) in [5.41, 5.74) is 1.05. The van der Waals surface area contributed by atoms with Crippen LogP contribution in [0.15, 0.2) is 49.1 Å². The first-order valence-corrected chi connectivity index (χ1v) is 8.42. The van der Waals surface area contributed by atoms with Crippen LogP contribution in [0.3, 0.4) is 0 Å². The monoisotopic (exact) mass is 356 g/mol.